The lowest BCUT2D eigenvalue weighted by molar-refractivity contribution is -0.139. The third kappa shape index (κ3) is 6.44. The van der Waals surface area contributed by atoms with Crippen molar-refractivity contribution in [2.24, 2.45) is 5.73 Å². The van der Waals surface area contributed by atoms with E-state index in [2.05, 4.69) is 0 Å². The second-order valence-electron chi connectivity index (χ2n) is 4.59. The Balaban J connectivity index is 2.64. The van der Waals surface area contributed by atoms with Gasteiger partial charge in [-0.3, -0.25) is 4.79 Å². The van der Waals surface area contributed by atoms with Gasteiger partial charge in [-0.2, -0.15) is 13.2 Å². The summed E-state index contributed by atoms with van der Waals surface area (Å²) in [6.45, 7) is -0.452. The zero-order chi connectivity index (χ0) is 16.0. The molecule has 1 amide bonds. The average molecular weight is 308 g/mol. The van der Waals surface area contributed by atoms with Crippen molar-refractivity contribution in [2.75, 3.05) is 13.2 Å². The van der Waals surface area contributed by atoms with Gasteiger partial charge in [0.1, 0.15) is 6.54 Å². The minimum atomic E-state index is -4.51. The highest BCUT2D eigenvalue weighted by atomic mass is 19.4. The minimum Gasteiger partial charge on any atom is -0.480 e. The summed E-state index contributed by atoms with van der Waals surface area (Å²) in [4.78, 5) is 11.2. The third-order valence-corrected chi connectivity index (χ3v) is 2.42. The average Bonchev–Trinajstić information content (AvgIpc) is 2.34. The van der Waals surface area contributed by atoms with Crippen molar-refractivity contribution in [3.63, 3.8) is 0 Å². The van der Waals surface area contributed by atoms with Crippen LogP contribution in [0.3, 0.4) is 0 Å². The van der Waals surface area contributed by atoms with E-state index in [0.29, 0.717) is 12.0 Å². The van der Waals surface area contributed by atoms with Crippen LogP contribution in [0, 0.1) is 5.82 Å². The Hall–Kier alpha value is -1.83. The van der Waals surface area contributed by atoms with Crippen molar-refractivity contribution < 1.29 is 27.1 Å². The van der Waals surface area contributed by atoms with Crippen LogP contribution in [0.5, 0.6) is 5.75 Å². The fourth-order valence-electron chi connectivity index (χ4n) is 1.61. The van der Waals surface area contributed by atoms with Gasteiger partial charge in [0, 0.05) is 6.04 Å². The second kappa shape index (κ2) is 7.26. The normalized spacial score (nSPS) is 12.9. The number of hydrogen-bond acceptors (Lipinski definition) is 3. The highest BCUT2D eigenvalue weighted by molar-refractivity contribution is 5.77. The highest BCUT2D eigenvalue weighted by Crippen LogP contribution is 2.23. The molecular weight excluding hydrogens is 292 g/mol. The maximum Gasteiger partial charge on any atom is 0.405 e. The molecule has 0 spiro atoms. The number of rotatable bonds is 6. The van der Waals surface area contributed by atoms with Crippen molar-refractivity contribution in [2.45, 2.75) is 25.6 Å². The smallest absolute Gasteiger partial charge is 0.405 e. The number of para-hydroxylation sites is 1. The maximum atomic E-state index is 13.6. The number of ether oxygens (including phenoxy) is 1. The van der Waals surface area contributed by atoms with Crippen molar-refractivity contribution in [3.05, 3.63) is 29.6 Å². The molecule has 1 unspecified atom stereocenters. The largest absolute Gasteiger partial charge is 0.480 e. The van der Waals surface area contributed by atoms with E-state index < -0.39 is 31.1 Å². The Labute approximate surface area is 119 Å². The zero-order valence-corrected chi connectivity index (χ0v) is 11.3. The monoisotopic (exact) mass is 308 g/mol. The minimum absolute atomic E-state index is 0.169. The van der Waals surface area contributed by atoms with Gasteiger partial charge in [-0.1, -0.05) is 12.1 Å². The van der Waals surface area contributed by atoms with Gasteiger partial charge in [0.25, 0.3) is 5.91 Å². The van der Waals surface area contributed by atoms with Gasteiger partial charge in [-0.15, -0.1) is 0 Å². The van der Waals surface area contributed by atoms with Crippen LogP contribution in [0.25, 0.3) is 0 Å². The Kier molecular flexibility index (Phi) is 5.95. The van der Waals surface area contributed by atoms with E-state index in [1.165, 1.54) is 6.07 Å². The molecular formula is C13H16F4N2O2. The van der Waals surface area contributed by atoms with Crippen molar-refractivity contribution in [3.8, 4) is 5.75 Å². The van der Waals surface area contributed by atoms with E-state index in [1.54, 1.807) is 18.3 Å². The molecule has 1 aromatic carbocycles. The van der Waals surface area contributed by atoms with Gasteiger partial charge in [0.05, 0.1) is 0 Å². The molecule has 1 rings (SSSR count). The topological polar surface area (TPSA) is 64.3 Å². The molecule has 0 aliphatic heterocycles. The molecule has 4 nitrogen and oxygen atoms in total. The molecule has 0 aliphatic carbocycles. The summed E-state index contributed by atoms with van der Waals surface area (Å²) in [6.07, 6.45) is -4.19. The van der Waals surface area contributed by atoms with Crippen LogP contribution in [0.15, 0.2) is 18.2 Å². The Morgan fingerprint density at radius 3 is 2.67 bits per heavy atom. The second-order valence-corrected chi connectivity index (χ2v) is 4.59. The van der Waals surface area contributed by atoms with Crippen LogP contribution in [0.1, 0.15) is 12.5 Å². The zero-order valence-electron chi connectivity index (χ0n) is 11.3. The summed E-state index contributed by atoms with van der Waals surface area (Å²) in [5, 5.41) is 1.64. The lowest BCUT2D eigenvalue weighted by atomic mass is 10.1. The number of carbonyl (C=O) groups is 1. The molecule has 1 atom stereocenters. The molecule has 0 fully saturated rings. The molecule has 0 saturated heterocycles. The number of benzene rings is 1. The van der Waals surface area contributed by atoms with E-state index >= 15 is 0 Å². The molecule has 1 aromatic rings. The first-order valence-electron chi connectivity index (χ1n) is 6.18. The van der Waals surface area contributed by atoms with E-state index in [4.69, 9.17) is 10.5 Å². The quantitative estimate of drug-likeness (QED) is 0.787. The highest BCUT2D eigenvalue weighted by Gasteiger charge is 2.27. The SMILES string of the molecule is CC(N)Cc1cccc(F)c1OCC(=O)NCC(F)(F)F. The van der Waals surface area contributed by atoms with Crippen LogP contribution in [-0.2, 0) is 11.2 Å². The molecule has 0 aromatic heterocycles. The molecule has 8 heteroatoms. The van der Waals surface area contributed by atoms with Gasteiger partial charge in [0.2, 0.25) is 0 Å². The van der Waals surface area contributed by atoms with Gasteiger partial charge in [-0.25, -0.2) is 4.39 Å². The lowest BCUT2D eigenvalue weighted by Crippen LogP contribution is -2.36. The summed E-state index contributed by atoms with van der Waals surface area (Å²) < 4.78 is 54.4. The number of nitrogens with one attached hydrogen (secondary N) is 1. The molecule has 0 bridgehead atoms. The first kappa shape index (κ1) is 17.2. The molecule has 21 heavy (non-hydrogen) atoms. The third-order valence-electron chi connectivity index (χ3n) is 2.42. The van der Waals surface area contributed by atoms with Gasteiger partial charge in [0.15, 0.2) is 18.2 Å². The standard InChI is InChI=1S/C13H16F4N2O2/c1-8(18)5-9-3-2-4-10(14)12(9)21-6-11(20)19-7-13(15,16)17/h2-4,8H,5-7,18H2,1H3,(H,19,20). The molecule has 0 radical (unpaired) electrons. The molecule has 3 N–H and O–H groups in total. The first-order valence-corrected chi connectivity index (χ1v) is 6.18. The van der Waals surface area contributed by atoms with E-state index in [9.17, 15) is 22.4 Å². The van der Waals surface area contributed by atoms with Crippen LogP contribution >= 0.6 is 0 Å². The van der Waals surface area contributed by atoms with Crippen LogP contribution in [0.4, 0.5) is 17.6 Å². The number of hydrogen-bond donors (Lipinski definition) is 2. The number of amides is 1. The maximum absolute atomic E-state index is 13.6. The molecule has 0 aliphatic rings. The Morgan fingerprint density at radius 1 is 1.43 bits per heavy atom. The number of carbonyl (C=O) groups excluding carboxylic acids is 1. The Morgan fingerprint density at radius 2 is 2.10 bits per heavy atom. The van der Waals surface area contributed by atoms with E-state index in [0.717, 1.165) is 6.07 Å². The van der Waals surface area contributed by atoms with Gasteiger partial charge >= 0.3 is 6.18 Å². The van der Waals surface area contributed by atoms with Crippen molar-refractivity contribution >= 4 is 5.91 Å². The van der Waals surface area contributed by atoms with Gasteiger partial charge in [-0.05, 0) is 25.0 Å². The number of halogens is 4. The predicted octanol–water partition coefficient (Wildman–Crippen LogP) is 1.77. The van der Waals surface area contributed by atoms with Crippen LogP contribution in [0.2, 0.25) is 0 Å². The first-order chi connectivity index (χ1) is 9.69. The fraction of sp³-hybridized carbons (Fsp3) is 0.462. The molecule has 0 heterocycles. The van der Waals surface area contributed by atoms with Crippen molar-refractivity contribution in [1.29, 1.82) is 0 Å². The van der Waals surface area contributed by atoms with Crippen LogP contribution < -0.4 is 15.8 Å². The number of nitrogens with two attached hydrogens (primary N) is 1. The summed E-state index contributed by atoms with van der Waals surface area (Å²) in [7, 11) is 0. The number of alkyl halides is 3. The molecule has 118 valence electrons. The van der Waals surface area contributed by atoms with Crippen molar-refractivity contribution in [1.82, 2.24) is 5.32 Å². The summed E-state index contributed by atoms with van der Waals surface area (Å²) >= 11 is 0. The van der Waals surface area contributed by atoms with E-state index in [-0.39, 0.29) is 11.8 Å². The molecule has 0 saturated carbocycles. The summed E-state index contributed by atoms with van der Waals surface area (Å²) in [5.74, 6) is -1.85. The Bertz CT molecular complexity index is 490. The lowest BCUT2D eigenvalue weighted by Gasteiger charge is -2.14. The summed E-state index contributed by atoms with van der Waals surface area (Å²) in [6, 6.07) is 3.92. The van der Waals surface area contributed by atoms with Gasteiger partial charge < -0.3 is 15.8 Å². The fourth-order valence-corrected chi connectivity index (χ4v) is 1.61. The van der Waals surface area contributed by atoms with Crippen LogP contribution in [-0.4, -0.2) is 31.3 Å². The predicted molar refractivity (Wildman–Crippen MR) is 68.3 cm³/mol. The summed E-state index contributed by atoms with van der Waals surface area (Å²) in [5.41, 5.74) is 6.07. The van der Waals surface area contributed by atoms with E-state index in [1.807, 2.05) is 0 Å².